The summed E-state index contributed by atoms with van der Waals surface area (Å²) in [6.07, 6.45) is 12.0. The average molecular weight is 464 g/mol. The summed E-state index contributed by atoms with van der Waals surface area (Å²) < 4.78 is 5.59. The maximum atomic E-state index is 5.59. The molecule has 0 aromatic carbocycles. The van der Waals surface area contributed by atoms with Gasteiger partial charge in [-0.25, -0.2) is 0 Å². The maximum absolute atomic E-state index is 5.59. The number of morpholine rings is 1. The molecule has 3 fully saturated rings. The van der Waals surface area contributed by atoms with Gasteiger partial charge in [-0.1, -0.05) is 32.1 Å². The standard InChI is InChI=1S/C19H36N4O.HI/c1-2-20-18(22-17-8-4-5-9-17)21-16-19(10-6-3-7-11-19)23-12-14-24-15-13-23;/h17H,2-16H2,1H3,(H2,20,21,22);1H. The molecule has 0 bridgehead atoms. The summed E-state index contributed by atoms with van der Waals surface area (Å²) in [4.78, 5) is 7.74. The summed E-state index contributed by atoms with van der Waals surface area (Å²) in [6, 6.07) is 0.619. The van der Waals surface area contributed by atoms with Gasteiger partial charge >= 0.3 is 0 Å². The molecule has 0 radical (unpaired) electrons. The van der Waals surface area contributed by atoms with E-state index in [2.05, 4.69) is 22.5 Å². The first-order valence-corrected chi connectivity index (χ1v) is 10.2. The van der Waals surface area contributed by atoms with Crippen LogP contribution in [0.5, 0.6) is 0 Å². The lowest BCUT2D eigenvalue weighted by molar-refractivity contribution is -0.0333. The molecule has 25 heavy (non-hydrogen) atoms. The number of ether oxygens (including phenoxy) is 1. The van der Waals surface area contributed by atoms with Crippen molar-refractivity contribution in [3.8, 4) is 0 Å². The zero-order valence-electron chi connectivity index (χ0n) is 15.9. The van der Waals surface area contributed by atoms with Crippen molar-refractivity contribution < 1.29 is 4.74 Å². The van der Waals surface area contributed by atoms with E-state index in [9.17, 15) is 0 Å². The zero-order valence-corrected chi connectivity index (χ0v) is 18.2. The van der Waals surface area contributed by atoms with Crippen molar-refractivity contribution in [2.45, 2.75) is 76.3 Å². The molecule has 1 aliphatic heterocycles. The molecule has 0 unspecified atom stereocenters. The Labute approximate surface area is 170 Å². The highest BCUT2D eigenvalue weighted by atomic mass is 127. The minimum Gasteiger partial charge on any atom is -0.379 e. The van der Waals surface area contributed by atoms with E-state index in [4.69, 9.17) is 9.73 Å². The zero-order chi connectivity index (χ0) is 16.7. The number of aliphatic imine (C=N–C) groups is 1. The molecular weight excluding hydrogens is 427 g/mol. The average Bonchev–Trinajstić information content (AvgIpc) is 3.15. The van der Waals surface area contributed by atoms with Crippen LogP contribution >= 0.6 is 24.0 Å². The fourth-order valence-electron chi connectivity index (χ4n) is 4.63. The molecule has 3 aliphatic rings. The van der Waals surface area contributed by atoms with Gasteiger partial charge in [0, 0.05) is 31.2 Å². The molecule has 0 atom stereocenters. The molecule has 3 rings (SSSR count). The van der Waals surface area contributed by atoms with E-state index in [1.165, 1.54) is 57.8 Å². The van der Waals surface area contributed by atoms with Crippen LogP contribution in [0.2, 0.25) is 0 Å². The Kier molecular flexibility index (Phi) is 9.27. The Balaban J connectivity index is 0.00000225. The second-order valence-electron chi connectivity index (χ2n) is 7.71. The minimum atomic E-state index is 0. The highest BCUT2D eigenvalue weighted by molar-refractivity contribution is 14.0. The van der Waals surface area contributed by atoms with Crippen LogP contribution in [0.1, 0.15) is 64.7 Å². The van der Waals surface area contributed by atoms with E-state index < -0.39 is 0 Å². The monoisotopic (exact) mass is 464 g/mol. The predicted octanol–water partition coefficient (Wildman–Crippen LogP) is 3.14. The van der Waals surface area contributed by atoms with E-state index in [1.807, 2.05) is 0 Å². The molecule has 146 valence electrons. The lowest BCUT2D eigenvalue weighted by Crippen LogP contribution is -2.56. The van der Waals surface area contributed by atoms with Crippen molar-refractivity contribution in [3.63, 3.8) is 0 Å². The first-order valence-electron chi connectivity index (χ1n) is 10.2. The van der Waals surface area contributed by atoms with Gasteiger partial charge < -0.3 is 15.4 Å². The number of hydrogen-bond acceptors (Lipinski definition) is 3. The number of guanidine groups is 1. The number of rotatable bonds is 5. The summed E-state index contributed by atoms with van der Waals surface area (Å²) in [6.45, 7) is 7.92. The van der Waals surface area contributed by atoms with E-state index in [-0.39, 0.29) is 29.5 Å². The number of nitrogens with zero attached hydrogens (tertiary/aromatic N) is 2. The van der Waals surface area contributed by atoms with Crippen LogP contribution in [0.25, 0.3) is 0 Å². The van der Waals surface area contributed by atoms with Crippen molar-refractivity contribution in [3.05, 3.63) is 0 Å². The molecule has 2 saturated carbocycles. The Hall–Kier alpha value is -0.0800. The number of nitrogens with one attached hydrogen (secondary N) is 2. The Morgan fingerprint density at radius 3 is 2.40 bits per heavy atom. The van der Waals surface area contributed by atoms with E-state index in [0.717, 1.165) is 45.4 Å². The molecule has 5 nitrogen and oxygen atoms in total. The molecule has 0 amide bonds. The van der Waals surface area contributed by atoms with Crippen LogP contribution in [0.4, 0.5) is 0 Å². The summed E-state index contributed by atoms with van der Waals surface area (Å²) in [5, 5.41) is 7.14. The first kappa shape index (κ1) is 21.2. The van der Waals surface area contributed by atoms with Crippen molar-refractivity contribution in [1.82, 2.24) is 15.5 Å². The molecule has 2 aliphatic carbocycles. The van der Waals surface area contributed by atoms with Gasteiger partial charge in [-0.2, -0.15) is 0 Å². The molecule has 0 spiro atoms. The largest absolute Gasteiger partial charge is 0.379 e. The topological polar surface area (TPSA) is 48.9 Å². The van der Waals surface area contributed by atoms with E-state index >= 15 is 0 Å². The third-order valence-corrected chi connectivity index (χ3v) is 6.04. The van der Waals surface area contributed by atoms with Gasteiger partial charge in [0.25, 0.3) is 0 Å². The number of hydrogen-bond donors (Lipinski definition) is 2. The van der Waals surface area contributed by atoms with Gasteiger partial charge in [-0.15, -0.1) is 24.0 Å². The van der Waals surface area contributed by atoms with Crippen molar-refractivity contribution in [1.29, 1.82) is 0 Å². The second kappa shape index (κ2) is 10.9. The quantitative estimate of drug-likeness (QED) is 0.373. The van der Waals surface area contributed by atoms with E-state index in [1.54, 1.807) is 0 Å². The lowest BCUT2D eigenvalue weighted by atomic mass is 9.80. The smallest absolute Gasteiger partial charge is 0.191 e. The minimum absolute atomic E-state index is 0. The van der Waals surface area contributed by atoms with Crippen molar-refractivity contribution in [2.75, 3.05) is 39.4 Å². The molecule has 6 heteroatoms. The molecule has 1 heterocycles. The van der Waals surface area contributed by atoms with Gasteiger partial charge in [0.05, 0.1) is 19.8 Å². The normalized spacial score (nSPS) is 25.4. The Morgan fingerprint density at radius 2 is 1.76 bits per heavy atom. The third kappa shape index (κ3) is 5.96. The van der Waals surface area contributed by atoms with Crippen LogP contribution in [-0.2, 0) is 4.74 Å². The highest BCUT2D eigenvalue weighted by Gasteiger charge is 2.38. The third-order valence-electron chi connectivity index (χ3n) is 6.04. The predicted molar refractivity (Wildman–Crippen MR) is 115 cm³/mol. The van der Waals surface area contributed by atoms with Gasteiger partial charge in [0.1, 0.15) is 0 Å². The van der Waals surface area contributed by atoms with Gasteiger partial charge in [-0.05, 0) is 32.6 Å². The summed E-state index contributed by atoms with van der Waals surface area (Å²) in [5.41, 5.74) is 0.264. The second-order valence-corrected chi connectivity index (χ2v) is 7.71. The van der Waals surface area contributed by atoms with Gasteiger partial charge in [0.2, 0.25) is 0 Å². The molecule has 0 aromatic rings. The summed E-state index contributed by atoms with van der Waals surface area (Å²) in [5.74, 6) is 1.03. The molecule has 2 N–H and O–H groups in total. The fourth-order valence-corrected chi connectivity index (χ4v) is 4.63. The van der Waals surface area contributed by atoms with Crippen molar-refractivity contribution >= 4 is 29.9 Å². The Bertz CT molecular complexity index is 400. The van der Waals surface area contributed by atoms with Crippen LogP contribution in [0, 0.1) is 0 Å². The molecular formula is C19H37IN4O. The van der Waals surface area contributed by atoms with Gasteiger partial charge in [0.15, 0.2) is 5.96 Å². The first-order chi connectivity index (χ1) is 11.8. The van der Waals surface area contributed by atoms with Crippen LogP contribution < -0.4 is 10.6 Å². The molecule has 1 saturated heterocycles. The van der Waals surface area contributed by atoms with Crippen molar-refractivity contribution in [2.24, 2.45) is 4.99 Å². The highest BCUT2D eigenvalue weighted by Crippen LogP contribution is 2.34. The molecule has 0 aromatic heterocycles. The Morgan fingerprint density at radius 1 is 1.08 bits per heavy atom. The van der Waals surface area contributed by atoms with Crippen LogP contribution in [0.15, 0.2) is 4.99 Å². The maximum Gasteiger partial charge on any atom is 0.191 e. The lowest BCUT2D eigenvalue weighted by Gasteiger charge is -2.47. The summed E-state index contributed by atoms with van der Waals surface area (Å²) >= 11 is 0. The van der Waals surface area contributed by atoms with Crippen LogP contribution in [-0.4, -0.2) is 61.8 Å². The van der Waals surface area contributed by atoms with Gasteiger partial charge in [-0.3, -0.25) is 9.89 Å². The summed E-state index contributed by atoms with van der Waals surface area (Å²) in [7, 11) is 0. The van der Waals surface area contributed by atoms with E-state index in [0.29, 0.717) is 6.04 Å². The SMILES string of the molecule is CCNC(=NCC1(N2CCOCC2)CCCCC1)NC1CCCC1.I. The number of halogens is 1. The fraction of sp³-hybridized carbons (Fsp3) is 0.947. The van der Waals surface area contributed by atoms with Crippen LogP contribution in [0.3, 0.4) is 0 Å².